The van der Waals surface area contributed by atoms with E-state index in [1.807, 2.05) is 6.07 Å². The Morgan fingerprint density at radius 1 is 0.769 bits per heavy atom. The van der Waals surface area contributed by atoms with E-state index in [0.29, 0.717) is 0 Å². The molecule has 3 aromatic heterocycles. The SMILES string of the molecule is C=C(N=C(/C=C(\C)c1cccs1)C1=CCCC=C1)c1ccc(C(CC)(CC)c2ccc(-c3nc(-c4ccccc4)cc(-c4cccs4)n3)cc2)cc1. The minimum Gasteiger partial charge on any atom is -0.248 e. The highest BCUT2D eigenvalue weighted by molar-refractivity contribution is 7.13. The van der Waals surface area contributed by atoms with Gasteiger partial charge in [-0.25, -0.2) is 15.0 Å². The van der Waals surface area contributed by atoms with Crippen LogP contribution in [0.2, 0.25) is 0 Å². The van der Waals surface area contributed by atoms with Crippen molar-refractivity contribution >= 4 is 39.7 Å². The van der Waals surface area contributed by atoms with E-state index in [-0.39, 0.29) is 5.41 Å². The van der Waals surface area contributed by atoms with Crippen molar-refractivity contribution in [2.45, 2.75) is 51.9 Å². The molecule has 0 spiro atoms. The molecule has 0 unspecified atom stereocenters. The first-order valence-electron chi connectivity index (χ1n) is 18.0. The minimum absolute atomic E-state index is 0.139. The van der Waals surface area contributed by atoms with Crippen LogP contribution in [0.15, 0.2) is 161 Å². The van der Waals surface area contributed by atoms with Crippen LogP contribution >= 0.6 is 22.7 Å². The quantitative estimate of drug-likeness (QED) is 0.118. The Labute approximate surface area is 316 Å². The molecule has 258 valence electrons. The Kier molecular flexibility index (Phi) is 10.8. The molecule has 5 heteroatoms. The van der Waals surface area contributed by atoms with Gasteiger partial charge in [-0.1, -0.05) is 130 Å². The molecule has 3 nitrogen and oxygen atoms in total. The van der Waals surface area contributed by atoms with E-state index < -0.39 is 0 Å². The number of hydrogen-bond donors (Lipinski definition) is 0. The summed E-state index contributed by atoms with van der Waals surface area (Å²) >= 11 is 3.45. The fourth-order valence-electron chi connectivity index (χ4n) is 7.01. The predicted molar refractivity (Wildman–Crippen MR) is 225 cm³/mol. The summed E-state index contributed by atoms with van der Waals surface area (Å²) in [5.74, 6) is 0.734. The topological polar surface area (TPSA) is 38.1 Å². The molecule has 0 bridgehead atoms. The Bertz CT molecular complexity index is 2250. The first kappa shape index (κ1) is 35.2. The summed E-state index contributed by atoms with van der Waals surface area (Å²) in [6, 6.07) is 38.7. The minimum atomic E-state index is -0.139. The van der Waals surface area contributed by atoms with Crippen LogP contribution in [-0.2, 0) is 5.41 Å². The second-order valence-corrected chi connectivity index (χ2v) is 15.0. The van der Waals surface area contributed by atoms with Gasteiger partial charge in [-0.15, -0.1) is 22.7 Å². The van der Waals surface area contributed by atoms with E-state index in [1.54, 1.807) is 22.7 Å². The van der Waals surface area contributed by atoms with Crippen LogP contribution in [0.5, 0.6) is 0 Å². The molecule has 0 saturated carbocycles. The summed E-state index contributed by atoms with van der Waals surface area (Å²) in [5, 5.41) is 4.21. The van der Waals surface area contributed by atoms with E-state index in [4.69, 9.17) is 15.0 Å². The standard InChI is InChI=1S/C47H43N3S2/c1-5-47(6-2,39-25-21-35(22-26-39)34(4)48-41(36-15-9-7-10-16-36)31-33(3)44-19-13-29-51-44)40-27-23-38(24-28-40)46-49-42(37-17-11-8-12-18-37)32-43(50-46)45-20-14-30-52-45/h8-9,11-32H,4-7,10H2,1-3H3/b33-31+,48-41?. The van der Waals surface area contributed by atoms with Crippen molar-refractivity contribution in [1.29, 1.82) is 0 Å². The number of allylic oxidation sites excluding steroid dienone is 6. The summed E-state index contributed by atoms with van der Waals surface area (Å²) in [6.45, 7) is 11.2. The van der Waals surface area contributed by atoms with Crippen molar-refractivity contribution in [3.63, 3.8) is 0 Å². The molecule has 0 atom stereocenters. The van der Waals surface area contributed by atoms with E-state index in [2.05, 4.69) is 166 Å². The van der Waals surface area contributed by atoms with Crippen LogP contribution in [0.4, 0.5) is 0 Å². The van der Waals surface area contributed by atoms with Gasteiger partial charge < -0.3 is 0 Å². The van der Waals surface area contributed by atoms with Gasteiger partial charge in [0.25, 0.3) is 0 Å². The first-order valence-corrected chi connectivity index (χ1v) is 19.8. The number of benzene rings is 3. The molecule has 3 aromatic carbocycles. The Morgan fingerprint density at radius 2 is 1.46 bits per heavy atom. The van der Waals surface area contributed by atoms with Crippen LogP contribution in [0.3, 0.4) is 0 Å². The van der Waals surface area contributed by atoms with Gasteiger partial charge in [0.15, 0.2) is 5.82 Å². The number of thiophene rings is 2. The molecular formula is C47H43N3S2. The van der Waals surface area contributed by atoms with Gasteiger partial charge in [-0.3, -0.25) is 0 Å². The lowest BCUT2D eigenvalue weighted by molar-refractivity contribution is 0.478. The number of nitrogens with zero attached hydrogens (tertiary/aromatic N) is 3. The summed E-state index contributed by atoms with van der Waals surface area (Å²) < 4.78 is 0. The fraction of sp³-hybridized carbons (Fsp3) is 0.170. The van der Waals surface area contributed by atoms with Crippen molar-refractivity contribution < 1.29 is 0 Å². The lowest BCUT2D eigenvalue weighted by atomic mass is 9.70. The lowest BCUT2D eigenvalue weighted by Gasteiger charge is -2.33. The van der Waals surface area contributed by atoms with Crippen LogP contribution in [0.1, 0.15) is 68.0 Å². The molecule has 0 amide bonds. The molecule has 0 N–H and O–H groups in total. The van der Waals surface area contributed by atoms with E-state index in [0.717, 1.165) is 81.4 Å². The molecular weight excluding hydrogens is 671 g/mol. The van der Waals surface area contributed by atoms with Gasteiger partial charge in [-0.05, 0) is 95.5 Å². The number of hydrogen-bond acceptors (Lipinski definition) is 5. The highest BCUT2D eigenvalue weighted by Crippen LogP contribution is 2.40. The van der Waals surface area contributed by atoms with Crippen LogP contribution < -0.4 is 0 Å². The zero-order valence-corrected chi connectivity index (χ0v) is 31.7. The monoisotopic (exact) mass is 713 g/mol. The average Bonchev–Trinajstić information content (AvgIpc) is 3.96. The third kappa shape index (κ3) is 7.52. The Morgan fingerprint density at radius 3 is 2.10 bits per heavy atom. The van der Waals surface area contributed by atoms with Gasteiger partial charge >= 0.3 is 0 Å². The third-order valence-corrected chi connectivity index (χ3v) is 11.9. The van der Waals surface area contributed by atoms with Crippen LogP contribution in [0.25, 0.3) is 44.5 Å². The maximum Gasteiger partial charge on any atom is 0.160 e. The summed E-state index contributed by atoms with van der Waals surface area (Å²) in [5.41, 5.74) is 11.5. The van der Waals surface area contributed by atoms with Crippen molar-refractivity contribution in [1.82, 2.24) is 9.97 Å². The zero-order chi connectivity index (χ0) is 35.9. The van der Waals surface area contributed by atoms with E-state index in [9.17, 15) is 0 Å². The Hall–Kier alpha value is -5.23. The van der Waals surface area contributed by atoms with Crippen LogP contribution in [-0.4, -0.2) is 15.7 Å². The van der Waals surface area contributed by atoms with Crippen molar-refractivity contribution in [2.75, 3.05) is 0 Å². The molecule has 52 heavy (non-hydrogen) atoms. The van der Waals surface area contributed by atoms with Crippen molar-refractivity contribution in [3.05, 3.63) is 178 Å². The molecule has 1 aliphatic carbocycles. The first-order chi connectivity index (χ1) is 25.5. The van der Waals surface area contributed by atoms with Crippen molar-refractivity contribution in [3.8, 4) is 33.2 Å². The second-order valence-electron chi connectivity index (χ2n) is 13.1. The molecule has 0 saturated heterocycles. The predicted octanol–water partition coefficient (Wildman–Crippen LogP) is 13.5. The number of aromatic nitrogens is 2. The maximum atomic E-state index is 5.12. The van der Waals surface area contributed by atoms with Gasteiger partial charge in [0.1, 0.15) is 0 Å². The average molecular weight is 714 g/mol. The largest absolute Gasteiger partial charge is 0.248 e. The van der Waals surface area contributed by atoms with Gasteiger partial charge in [-0.2, -0.15) is 0 Å². The molecule has 1 aliphatic rings. The van der Waals surface area contributed by atoms with Gasteiger partial charge in [0.05, 0.1) is 27.7 Å². The molecule has 0 fully saturated rings. The number of rotatable bonds is 12. The highest BCUT2D eigenvalue weighted by Gasteiger charge is 2.31. The summed E-state index contributed by atoms with van der Waals surface area (Å²) in [4.78, 5) is 17.6. The lowest BCUT2D eigenvalue weighted by Crippen LogP contribution is -2.26. The van der Waals surface area contributed by atoms with Crippen LogP contribution in [0, 0.1) is 0 Å². The molecule has 0 aliphatic heterocycles. The van der Waals surface area contributed by atoms with Gasteiger partial charge in [0.2, 0.25) is 0 Å². The number of aliphatic imine (C=N–C) groups is 1. The Balaban J connectivity index is 1.18. The van der Waals surface area contributed by atoms with E-state index in [1.165, 1.54) is 21.6 Å². The molecule has 7 rings (SSSR count). The highest BCUT2D eigenvalue weighted by atomic mass is 32.1. The van der Waals surface area contributed by atoms with Gasteiger partial charge in [0, 0.05) is 21.4 Å². The molecule has 6 aromatic rings. The maximum absolute atomic E-state index is 5.12. The normalized spacial score (nSPS) is 13.6. The smallest absolute Gasteiger partial charge is 0.160 e. The third-order valence-electron chi connectivity index (χ3n) is 10.1. The zero-order valence-electron chi connectivity index (χ0n) is 30.1. The summed E-state index contributed by atoms with van der Waals surface area (Å²) in [7, 11) is 0. The molecule has 3 heterocycles. The summed E-state index contributed by atoms with van der Waals surface area (Å²) in [6.07, 6.45) is 12.9. The second kappa shape index (κ2) is 16.0. The van der Waals surface area contributed by atoms with E-state index >= 15 is 0 Å². The molecule has 0 radical (unpaired) electrons. The van der Waals surface area contributed by atoms with Crippen molar-refractivity contribution in [2.24, 2.45) is 4.99 Å². The fourth-order valence-corrected chi connectivity index (χ4v) is 8.40.